The highest BCUT2D eigenvalue weighted by Gasteiger charge is 2.14. The van der Waals surface area contributed by atoms with E-state index in [-0.39, 0.29) is 18.1 Å². The summed E-state index contributed by atoms with van der Waals surface area (Å²) >= 11 is 1.03. The maximum Gasteiger partial charge on any atom is 0.260 e. The van der Waals surface area contributed by atoms with Crippen molar-refractivity contribution in [1.29, 1.82) is 0 Å². The van der Waals surface area contributed by atoms with Gasteiger partial charge in [0.05, 0.1) is 19.1 Å². The normalized spacial score (nSPS) is 10.5. The molecule has 3 rings (SSSR count). The Morgan fingerprint density at radius 2 is 2.16 bits per heavy atom. The third kappa shape index (κ3) is 4.10. The number of anilines is 1. The lowest BCUT2D eigenvalue weighted by Crippen LogP contribution is -2.10. The van der Waals surface area contributed by atoms with Crippen molar-refractivity contribution in [2.75, 3.05) is 12.4 Å². The predicted molar refractivity (Wildman–Crippen MR) is 92.9 cm³/mol. The van der Waals surface area contributed by atoms with E-state index in [0.717, 1.165) is 17.1 Å². The van der Waals surface area contributed by atoms with Crippen molar-refractivity contribution < 1.29 is 18.7 Å². The number of nitrogens with one attached hydrogen (secondary N) is 1. The number of carbonyl (C=O) groups excluding carboxylic acids is 2. The Morgan fingerprint density at radius 1 is 1.32 bits per heavy atom. The van der Waals surface area contributed by atoms with Crippen LogP contribution in [0.25, 0.3) is 11.3 Å². The van der Waals surface area contributed by atoms with Gasteiger partial charge in [-0.2, -0.15) is 4.37 Å². The minimum absolute atomic E-state index is 0.0338. The van der Waals surface area contributed by atoms with Crippen LogP contribution < -0.4 is 10.1 Å². The smallest absolute Gasteiger partial charge is 0.260 e. The third-order valence-electron chi connectivity index (χ3n) is 3.31. The molecular formula is C17H15N3O4S. The van der Waals surface area contributed by atoms with E-state index in [0.29, 0.717) is 28.0 Å². The summed E-state index contributed by atoms with van der Waals surface area (Å²) in [6.45, 7) is 1.46. The maximum absolute atomic E-state index is 12.3. The predicted octanol–water partition coefficient (Wildman–Crippen LogP) is 3.19. The SMILES string of the molecule is COc1cccc(-c2cc(C(=O)Nc3nc(CC(C)=O)ns3)co2)c1. The van der Waals surface area contributed by atoms with Crippen molar-refractivity contribution in [2.45, 2.75) is 13.3 Å². The standard InChI is InChI=1S/C17H15N3O4S/c1-10(21)6-15-18-17(25-20-15)19-16(22)12-8-14(24-9-12)11-4-3-5-13(7-11)23-2/h3-5,7-9H,6H2,1-2H3,(H,18,19,20,22). The zero-order valence-corrected chi connectivity index (χ0v) is 14.4. The first-order chi connectivity index (χ1) is 12.0. The van der Waals surface area contributed by atoms with Crippen molar-refractivity contribution in [3.63, 3.8) is 0 Å². The molecule has 2 aromatic heterocycles. The van der Waals surface area contributed by atoms with E-state index in [1.807, 2.05) is 24.3 Å². The first kappa shape index (κ1) is 16.8. The lowest BCUT2D eigenvalue weighted by Gasteiger charge is -2.01. The Labute approximate surface area is 147 Å². The summed E-state index contributed by atoms with van der Waals surface area (Å²) in [5, 5.41) is 2.99. The van der Waals surface area contributed by atoms with Crippen LogP contribution in [0, 0.1) is 0 Å². The van der Waals surface area contributed by atoms with Crippen LogP contribution in [0.2, 0.25) is 0 Å². The molecule has 128 valence electrons. The number of carbonyl (C=O) groups is 2. The van der Waals surface area contributed by atoms with Gasteiger partial charge in [-0.15, -0.1) is 0 Å². The van der Waals surface area contributed by atoms with E-state index in [4.69, 9.17) is 9.15 Å². The molecule has 0 saturated carbocycles. The molecular weight excluding hydrogens is 342 g/mol. The Kier molecular flexibility index (Phi) is 4.90. The van der Waals surface area contributed by atoms with Gasteiger partial charge in [0.1, 0.15) is 23.6 Å². The summed E-state index contributed by atoms with van der Waals surface area (Å²) in [6.07, 6.45) is 1.53. The molecule has 0 spiro atoms. The summed E-state index contributed by atoms with van der Waals surface area (Å²) in [6, 6.07) is 8.99. The number of aromatic nitrogens is 2. The minimum Gasteiger partial charge on any atom is -0.497 e. The van der Waals surface area contributed by atoms with Gasteiger partial charge in [-0.3, -0.25) is 14.9 Å². The molecule has 1 N–H and O–H groups in total. The van der Waals surface area contributed by atoms with Gasteiger partial charge >= 0.3 is 0 Å². The van der Waals surface area contributed by atoms with Crippen LogP contribution >= 0.6 is 11.5 Å². The molecule has 8 heteroatoms. The van der Waals surface area contributed by atoms with Gasteiger partial charge in [0.15, 0.2) is 5.82 Å². The van der Waals surface area contributed by atoms with E-state index in [1.165, 1.54) is 13.2 Å². The summed E-state index contributed by atoms with van der Waals surface area (Å²) in [5.41, 5.74) is 1.17. The molecule has 0 radical (unpaired) electrons. The fourth-order valence-corrected chi connectivity index (χ4v) is 2.73. The Morgan fingerprint density at radius 3 is 2.92 bits per heavy atom. The largest absolute Gasteiger partial charge is 0.497 e. The zero-order chi connectivity index (χ0) is 17.8. The van der Waals surface area contributed by atoms with E-state index < -0.39 is 0 Å². The van der Waals surface area contributed by atoms with Crippen LogP contribution in [-0.4, -0.2) is 28.2 Å². The van der Waals surface area contributed by atoms with Gasteiger partial charge in [0.25, 0.3) is 5.91 Å². The third-order valence-corrected chi connectivity index (χ3v) is 3.98. The van der Waals surface area contributed by atoms with Crippen LogP contribution in [-0.2, 0) is 11.2 Å². The van der Waals surface area contributed by atoms with Crippen LogP contribution in [0.15, 0.2) is 41.0 Å². The minimum atomic E-state index is -0.358. The highest BCUT2D eigenvalue weighted by Crippen LogP contribution is 2.26. The van der Waals surface area contributed by atoms with Gasteiger partial charge in [-0.25, -0.2) is 4.98 Å². The van der Waals surface area contributed by atoms with Crippen LogP contribution in [0.1, 0.15) is 23.1 Å². The molecule has 1 aromatic carbocycles. The number of Topliss-reactive ketones (excluding diaryl/α,β-unsaturated/α-hetero) is 1. The van der Waals surface area contributed by atoms with Crippen molar-refractivity contribution in [1.82, 2.24) is 9.36 Å². The number of nitrogens with zero attached hydrogens (tertiary/aromatic N) is 2. The van der Waals surface area contributed by atoms with Crippen LogP contribution in [0.3, 0.4) is 0 Å². The number of rotatable bonds is 6. The second-order valence-corrected chi connectivity index (χ2v) is 6.03. The van der Waals surface area contributed by atoms with E-state index in [9.17, 15) is 9.59 Å². The summed E-state index contributed by atoms with van der Waals surface area (Å²) in [7, 11) is 1.59. The van der Waals surface area contributed by atoms with E-state index in [1.54, 1.807) is 13.2 Å². The lowest BCUT2D eigenvalue weighted by molar-refractivity contribution is -0.116. The van der Waals surface area contributed by atoms with E-state index >= 15 is 0 Å². The highest BCUT2D eigenvalue weighted by molar-refractivity contribution is 7.09. The van der Waals surface area contributed by atoms with Gasteiger partial charge in [0, 0.05) is 17.1 Å². The van der Waals surface area contributed by atoms with E-state index in [2.05, 4.69) is 14.7 Å². The lowest BCUT2D eigenvalue weighted by atomic mass is 10.1. The average Bonchev–Trinajstić information content (AvgIpc) is 3.24. The molecule has 0 atom stereocenters. The monoisotopic (exact) mass is 357 g/mol. The molecule has 25 heavy (non-hydrogen) atoms. The first-order valence-electron chi connectivity index (χ1n) is 7.41. The van der Waals surface area contributed by atoms with Crippen molar-refractivity contribution in [2.24, 2.45) is 0 Å². The van der Waals surface area contributed by atoms with Gasteiger partial charge in [-0.05, 0) is 25.1 Å². The molecule has 1 amide bonds. The fourth-order valence-electron chi connectivity index (χ4n) is 2.15. The molecule has 2 heterocycles. The first-order valence-corrected chi connectivity index (χ1v) is 8.19. The second kappa shape index (κ2) is 7.27. The Balaban J connectivity index is 1.72. The summed E-state index contributed by atoms with van der Waals surface area (Å²) < 4.78 is 14.7. The van der Waals surface area contributed by atoms with Crippen LogP contribution in [0.5, 0.6) is 5.75 Å². The zero-order valence-electron chi connectivity index (χ0n) is 13.6. The molecule has 0 saturated heterocycles. The molecule has 0 aliphatic rings. The number of ketones is 1. The van der Waals surface area contributed by atoms with Gasteiger partial charge in [0.2, 0.25) is 5.13 Å². The van der Waals surface area contributed by atoms with Crippen molar-refractivity contribution in [3.05, 3.63) is 48.0 Å². The summed E-state index contributed by atoms with van der Waals surface area (Å²) in [4.78, 5) is 27.5. The Bertz CT molecular complexity index is 916. The fraction of sp³-hybridized carbons (Fsp3) is 0.176. The average molecular weight is 357 g/mol. The Hall–Kier alpha value is -3.00. The molecule has 0 fully saturated rings. The topological polar surface area (TPSA) is 94.3 Å². The van der Waals surface area contributed by atoms with Crippen molar-refractivity contribution in [3.8, 4) is 17.1 Å². The number of methoxy groups -OCH3 is 1. The number of amides is 1. The second-order valence-electron chi connectivity index (χ2n) is 5.28. The number of hydrogen-bond donors (Lipinski definition) is 1. The molecule has 0 unspecified atom stereocenters. The number of benzene rings is 1. The number of hydrogen-bond acceptors (Lipinski definition) is 7. The van der Waals surface area contributed by atoms with Gasteiger partial charge in [-0.1, -0.05) is 12.1 Å². The van der Waals surface area contributed by atoms with Crippen LogP contribution in [0.4, 0.5) is 5.13 Å². The molecule has 3 aromatic rings. The molecule has 7 nitrogen and oxygen atoms in total. The quantitative estimate of drug-likeness (QED) is 0.728. The molecule has 0 aliphatic carbocycles. The maximum atomic E-state index is 12.3. The van der Waals surface area contributed by atoms with Gasteiger partial charge < -0.3 is 9.15 Å². The number of ether oxygens (including phenoxy) is 1. The van der Waals surface area contributed by atoms with Crippen molar-refractivity contribution >= 4 is 28.4 Å². The number of furan rings is 1. The highest BCUT2D eigenvalue weighted by atomic mass is 32.1. The summed E-state index contributed by atoms with van der Waals surface area (Å²) in [5.74, 6) is 1.26. The molecule has 0 bridgehead atoms. The molecule has 0 aliphatic heterocycles.